The van der Waals surface area contributed by atoms with Gasteiger partial charge in [-0.1, -0.05) is 30.3 Å². The molecule has 1 aromatic rings. The number of ether oxygens (including phenoxy) is 1. The number of likely N-dealkylation sites (tertiary alicyclic amines) is 1. The van der Waals surface area contributed by atoms with Crippen molar-refractivity contribution >= 4 is 6.09 Å². The number of rotatable bonds is 2. The molecule has 1 amide bonds. The molecule has 1 fully saturated rings. The number of hydrogen-bond donors (Lipinski definition) is 1. The van der Waals surface area contributed by atoms with Gasteiger partial charge in [0.2, 0.25) is 0 Å². The van der Waals surface area contributed by atoms with Gasteiger partial charge in [-0.05, 0) is 18.4 Å². The molecule has 0 aromatic heterocycles. The number of methoxy groups -OCH3 is 1. The monoisotopic (exact) mass is 235 g/mol. The molecule has 1 aliphatic heterocycles. The molecule has 0 radical (unpaired) electrons. The van der Waals surface area contributed by atoms with Gasteiger partial charge < -0.3 is 14.7 Å². The summed E-state index contributed by atoms with van der Waals surface area (Å²) in [5.41, 5.74) is 0.806. The van der Waals surface area contributed by atoms with E-state index in [2.05, 4.69) is 0 Å². The van der Waals surface area contributed by atoms with Crippen LogP contribution in [-0.4, -0.2) is 36.3 Å². The highest BCUT2D eigenvalue weighted by Gasteiger charge is 2.37. The minimum atomic E-state index is -0.845. The van der Waals surface area contributed by atoms with E-state index in [1.165, 1.54) is 4.90 Å². The van der Waals surface area contributed by atoms with Crippen molar-refractivity contribution < 1.29 is 14.6 Å². The maximum atomic E-state index is 10.9. The molecule has 0 spiro atoms. The number of benzene rings is 1. The number of hydrogen-bond acceptors (Lipinski definition) is 2. The molecule has 1 N–H and O–H groups in total. The first-order valence-corrected chi connectivity index (χ1v) is 5.76. The van der Waals surface area contributed by atoms with Crippen LogP contribution in [0.25, 0.3) is 0 Å². The summed E-state index contributed by atoms with van der Waals surface area (Å²) in [7, 11) is 1.70. The zero-order chi connectivity index (χ0) is 12.3. The zero-order valence-corrected chi connectivity index (χ0v) is 9.93. The number of carboxylic acid groups (broad SMARTS) is 1. The van der Waals surface area contributed by atoms with Crippen LogP contribution in [0.2, 0.25) is 0 Å². The smallest absolute Gasteiger partial charge is 0.407 e. The summed E-state index contributed by atoms with van der Waals surface area (Å²) in [5, 5.41) is 8.94. The van der Waals surface area contributed by atoms with Crippen molar-refractivity contribution in [3.63, 3.8) is 0 Å². The summed E-state index contributed by atoms with van der Waals surface area (Å²) < 4.78 is 5.67. The second kappa shape index (κ2) is 4.75. The van der Waals surface area contributed by atoms with Gasteiger partial charge in [-0.15, -0.1) is 0 Å². The Balaban J connectivity index is 2.16. The van der Waals surface area contributed by atoms with Gasteiger partial charge in [0, 0.05) is 20.2 Å². The van der Waals surface area contributed by atoms with E-state index in [0.717, 1.165) is 5.56 Å². The maximum Gasteiger partial charge on any atom is 0.407 e. The Morgan fingerprint density at radius 1 is 1.29 bits per heavy atom. The van der Waals surface area contributed by atoms with Gasteiger partial charge in [0.1, 0.15) is 0 Å². The van der Waals surface area contributed by atoms with Crippen molar-refractivity contribution in [1.82, 2.24) is 4.90 Å². The first-order chi connectivity index (χ1) is 8.18. The van der Waals surface area contributed by atoms with Crippen LogP contribution in [-0.2, 0) is 10.3 Å². The third kappa shape index (κ3) is 2.26. The second-order valence-electron chi connectivity index (χ2n) is 4.33. The lowest BCUT2D eigenvalue weighted by molar-refractivity contribution is -0.0583. The van der Waals surface area contributed by atoms with E-state index in [4.69, 9.17) is 9.84 Å². The Morgan fingerprint density at radius 3 is 2.35 bits per heavy atom. The highest BCUT2D eigenvalue weighted by Crippen LogP contribution is 2.35. The molecule has 17 heavy (non-hydrogen) atoms. The molecule has 92 valence electrons. The molecule has 0 bridgehead atoms. The van der Waals surface area contributed by atoms with E-state index >= 15 is 0 Å². The van der Waals surface area contributed by atoms with E-state index in [1.54, 1.807) is 7.11 Å². The maximum absolute atomic E-state index is 10.9. The Kier molecular flexibility index (Phi) is 3.33. The topological polar surface area (TPSA) is 49.8 Å². The van der Waals surface area contributed by atoms with Crippen LogP contribution in [0.1, 0.15) is 18.4 Å². The van der Waals surface area contributed by atoms with E-state index in [-0.39, 0.29) is 5.60 Å². The van der Waals surface area contributed by atoms with Crippen molar-refractivity contribution in [2.24, 2.45) is 0 Å². The van der Waals surface area contributed by atoms with Gasteiger partial charge in [-0.2, -0.15) is 0 Å². The molecule has 4 nitrogen and oxygen atoms in total. The van der Waals surface area contributed by atoms with Gasteiger partial charge in [0.05, 0.1) is 5.60 Å². The molecule has 0 atom stereocenters. The molecule has 2 rings (SSSR count). The molecule has 1 aliphatic rings. The third-order valence-corrected chi connectivity index (χ3v) is 3.53. The van der Waals surface area contributed by atoms with Crippen LogP contribution in [0.4, 0.5) is 4.79 Å². The van der Waals surface area contributed by atoms with Crippen molar-refractivity contribution in [2.75, 3.05) is 20.2 Å². The van der Waals surface area contributed by atoms with Crippen LogP contribution in [0.3, 0.4) is 0 Å². The van der Waals surface area contributed by atoms with Crippen LogP contribution in [0.15, 0.2) is 30.3 Å². The predicted octanol–water partition coefficient (Wildman–Crippen LogP) is 2.30. The molecule has 1 aromatic carbocycles. The Hall–Kier alpha value is -1.55. The summed E-state index contributed by atoms with van der Waals surface area (Å²) in [5.74, 6) is 0. The number of nitrogens with zero attached hydrogens (tertiary/aromatic N) is 1. The van der Waals surface area contributed by atoms with Crippen LogP contribution < -0.4 is 0 Å². The fraction of sp³-hybridized carbons (Fsp3) is 0.462. The largest absolute Gasteiger partial charge is 0.465 e. The molecule has 1 heterocycles. The zero-order valence-electron chi connectivity index (χ0n) is 9.93. The lowest BCUT2D eigenvalue weighted by atomic mass is 9.84. The summed E-state index contributed by atoms with van der Waals surface area (Å²) in [4.78, 5) is 12.3. The van der Waals surface area contributed by atoms with Gasteiger partial charge in [0.15, 0.2) is 0 Å². The summed E-state index contributed by atoms with van der Waals surface area (Å²) in [6.07, 6.45) is 0.572. The van der Waals surface area contributed by atoms with Crippen LogP contribution in [0.5, 0.6) is 0 Å². The Morgan fingerprint density at radius 2 is 1.88 bits per heavy atom. The molecule has 1 saturated heterocycles. The number of piperidine rings is 1. The molecule has 0 unspecified atom stereocenters. The van der Waals surface area contributed by atoms with Crippen LogP contribution in [0, 0.1) is 0 Å². The Bertz CT molecular complexity index is 383. The van der Waals surface area contributed by atoms with Gasteiger partial charge in [0.25, 0.3) is 0 Å². The summed E-state index contributed by atoms with van der Waals surface area (Å²) >= 11 is 0. The highest BCUT2D eigenvalue weighted by molar-refractivity contribution is 5.65. The molecule has 0 aliphatic carbocycles. The van der Waals surface area contributed by atoms with E-state index in [9.17, 15) is 4.79 Å². The minimum absolute atomic E-state index is 0.326. The van der Waals surface area contributed by atoms with Crippen LogP contribution >= 0.6 is 0 Å². The molecular weight excluding hydrogens is 218 g/mol. The SMILES string of the molecule is COC1(c2ccccc2)CCN(C(=O)O)CC1. The Labute approximate surface area is 101 Å². The number of amides is 1. The minimum Gasteiger partial charge on any atom is -0.465 e. The van der Waals surface area contributed by atoms with Gasteiger partial charge >= 0.3 is 6.09 Å². The first kappa shape index (κ1) is 11.9. The fourth-order valence-electron chi connectivity index (χ4n) is 2.41. The van der Waals surface area contributed by atoms with Gasteiger partial charge in [-0.25, -0.2) is 4.79 Å². The van der Waals surface area contributed by atoms with E-state index in [0.29, 0.717) is 25.9 Å². The molecule has 4 heteroatoms. The summed E-state index contributed by atoms with van der Waals surface area (Å²) in [6, 6.07) is 10.0. The van der Waals surface area contributed by atoms with Crippen molar-refractivity contribution in [2.45, 2.75) is 18.4 Å². The fourth-order valence-corrected chi connectivity index (χ4v) is 2.41. The average molecular weight is 235 g/mol. The highest BCUT2D eigenvalue weighted by atomic mass is 16.5. The molecular formula is C13H17NO3. The van der Waals surface area contributed by atoms with Crippen molar-refractivity contribution in [3.05, 3.63) is 35.9 Å². The average Bonchev–Trinajstić information content (AvgIpc) is 2.40. The van der Waals surface area contributed by atoms with Crippen molar-refractivity contribution in [1.29, 1.82) is 0 Å². The molecule has 0 saturated carbocycles. The third-order valence-electron chi connectivity index (χ3n) is 3.53. The second-order valence-corrected chi connectivity index (χ2v) is 4.33. The number of carbonyl (C=O) groups is 1. The lowest BCUT2D eigenvalue weighted by Crippen LogP contribution is -2.45. The standard InChI is InChI=1S/C13H17NO3/c1-17-13(11-5-3-2-4-6-11)7-9-14(10-8-13)12(15)16/h2-6H,7-10H2,1H3,(H,15,16). The summed E-state index contributed by atoms with van der Waals surface area (Å²) in [6.45, 7) is 1.05. The lowest BCUT2D eigenvalue weighted by Gasteiger charge is -2.40. The normalized spacial score (nSPS) is 19.0. The van der Waals surface area contributed by atoms with Gasteiger partial charge in [-0.3, -0.25) is 0 Å². The predicted molar refractivity (Wildman–Crippen MR) is 64.0 cm³/mol. The first-order valence-electron chi connectivity index (χ1n) is 5.76. The quantitative estimate of drug-likeness (QED) is 0.855. The van der Waals surface area contributed by atoms with E-state index in [1.807, 2.05) is 30.3 Å². The van der Waals surface area contributed by atoms with Crippen molar-refractivity contribution in [3.8, 4) is 0 Å². The van der Waals surface area contributed by atoms with E-state index < -0.39 is 6.09 Å².